The van der Waals surface area contributed by atoms with Crippen molar-refractivity contribution in [1.29, 1.82) is 0 Å². The van der Waals surface area contributed by atoms with Gasteiger partial charge in [0.15, 0.2) is 33.3 Å². The molecule has 416 valence electrons. The van der Waals surface area contributed by atoms with Crippen LogP contribution in [0, 0.1) is 0 Å². The molecule has 0 saturated heterocycles. The van der Waals surface area contributed by atoms with Gasteiger partial charge < -0.3 is 24.7 Å². The summed E-state index contributed by atoms with van der Waals surface area (Å²) in [5, 5.41) is 0. The van der Waals surface area contributed by atoms with Crippen molar-refractivity contribution in [3.8, 4) is 0 Å². The van der Waals surface area contributed by atoms with Crippen LogP contribution in [0.5, 0.6) is 0 Å². The van der Waals surface area contributed by atoms with Crippen LogP contribution in [-0.4, -0.2) is 84.4 Å². The molecule has 2 aromatic rings. The number of aryl methyl sites for hydroxylation is 1. The number of benzene rings is 2. The lowest BCUT2D eigenvalue weighted by Gasteiger charge is -2.43. The SMILES string of the molecule is C.C=CC[Si](CC=C)(CC=C)CCC[Si](C)(O[SiH](C)O[Si](C)(C)C)O[Si](C)(C)C.C=CC[Si](CC=C)(CC=C)CCC[Si](C)(O[Si](C)(C)C)O[Si](C)(CCc1ccccc1)O[Si](C)(C)C.C=Cc1ccccc1. The molecule has 0 heterocycles. The van der Waals surface area contributed by atoms with Crippen molar-refractivity contribution in [1.82, 2.24) is 0 Å². The van der Waals surface area contributed by atoms with E-state index in [-0.39, 0.29) is 7.43 Å². The van der Waals surface area contributed by atoms with Crippen molar-refractivity contribution >= 4 is 90.5 Å². The number of allylic oxidation sites excluding steroid dienone is 6. The van der Waals surface area contributed by atoms with Gasteiger partial charge >= 0.3 is 25.7 Å². The van der Waals surface area contributed by atoms with Crippen molar-refractivity contribution < 1.29 is 24.7 Å². The molecule has 0 spiro atoms. The van der Waals surface area contributed by atoms with Crippen LogP contribution in [0.3, 0.4) is 0 Å². The molecular formula is C57H112O6Si10. The van der Waals surface area contributed by atoms with Crippen LogP contribution in [0.4, 0.5) is 0 Å². The highest BCUT2D eigenvalue weighted by Crippen LogP contribution is 2.36. The van der Waals surface area contributed by atoms with Crippen LogP contribution in [0.2, 0.25) is 171 Å². The highest BCUT2D eigenvalue weighted by molar-refractivity contribution is 6.90. The fourth-order valence-electron chi connectivity index (χ4n) is 9.78. The fourth-order valence-corrected chi connectivity index (χ4v) is 51.5. The maximum absolute atomic E-state index is 7.25. The summed E-state index contributed by atoms with van der Waals surface area (Å²) >= 11 is 0. The second-order valence-electron chi connectivity index (χ2n) is 24.3. The average molecular weight is 1170 g/mol. The minimum atomic E-state index is -2.46. The molecule has 0 fully saturated rings. The van der Waals surface area contributed by atoms with Gasteiger partial charge in [-0.25, -0.2) is 0 Å². The van der Waals surface area contributed by atoms with E-state index < -0.39 is 84.4 Å². The molecule has 4 unspecified atom stereocenters. The van der Waals surface area contributed by atoms with Crippen molar-refractivity contribution in [3.63, 3.8) is 0 Å². The lowest BCUT2D eigenvalue weighted by Crippen LogP contribution is -2.58. The largest absolute Gasteiger partial charge is 0.439 e. The summed E-state index contributed by atoms with van der Waals surface area (Å²) in [5.74, 6) is 0. The van der Waals surface area contributed by atoms with E-state index in [0.717, 1.165) is 73.7 Å². The highest BCUT2D eigenvalue weighted by Gasteiger charge is 2.47. The van der Waals surface area contributed by atoms with Gasteiger partial charge in [-0.3, -0.25) is 0 Å². The molecule has 16 heteroatoms. The molecule has 0 bridgehead atoms. The number of hydrogen-bond acceptors (Lipinski definition) is 6. The number of hydrogen-bond donors (Lipinski definition) is 0. The Labute approximate surface area is 464 Å². The van der Waals surface area contributed by atoms with Gasteiger partial charge in [0.05, 0.1) is 16.1 Å². The van der Waals surface area contributed by atoms with Crippen LogP contribution < -0.4 is 0 Å². The summed E-state index contributed by atoms with van der Waals surface area (Å²) in [6, 6.07) is 33.0. The van der Waals surface area contributed by atoms with E-state index in [1.54, 1.807) is 0 Å². The summed E-state index contributed by atoms with van der Waals surface area (Å²) < 4.78 is 40.8. The minimum Gasteiger partial charge on any atom is -0.439 e. The third-order valence-corrected chi connectivity index (χ3v) is 48.7. The summed E-state index contributed by atoms with van der Waals surface area (Å²) in [5.41, 5.74) is 2.52. The molecule has 2 rings (SSSR count). The third-order valence-electron chi connectivity index (χ3n) is 11.8. The minimum absolute atomic E-state index is 0. The molecule has 0 amide bonds. The van der Waals surface area contributed by atoms with E-state index in [2.05, 4.69) is 218 Å². The van der Waals surface area contributed by atoms with Gasteiger partial charge in [0, 0.05) is 0 Å². The first-order chi connectivity index (χ1) is 33.2. The standard InChI is InChI=1S/C28H54O3Si5.C20H46O3Si5.C8H8.CH4/c1-12-22-36(23-13-2,24-14-3)26-18-25-34(10,29-32(4,5)6)31-35(11,30-33(7,8)9)27-21-28-19-16-15-17-20-28;1-12-16-28(17-13-2,18-14-3)20-15-19-27(11,23-26(8,9)10)22-24(4)21-25(5,6)7;1-2-8-6-4-3-5-7-8;/h12-17,19-20H,1-3,18,21-27H2,4-11H3;12-14,24H,1-3,15-20H2,4-11H3;2-7H,1H2;1H4. The smallest absolute Gasteiger partial charge is 0.316 e. The highest BCUT2D eigenvalue weighted by atomic mass is 28.5. The Bertz CT molecular complexity index is 1820. The second-order valence-corrected chi connectivity index (χ2v) is 65.3. The molecule has 6 nitrogen and oxygen atoms in total. The van der Waals surface area contributed by atoms with Crippen LogP contribution >= 0.6 is 0 Å². The molecular weight excluding hydrogens is 1060 g/mol. The summed E-state index contributed by atoms with van der Waals surface area (Å²) in [4.78, 5) is 0. The van der Waals surface area contributed by atoms with Crippen LogP contribution in [-0.2, 0) is 31.1 Å². The number of rotatable bonds is 36. The first-order valence-electron chi connectivity index (χ1n) is 26.7. The Kier molecular flexibility index (Phi) is 35.4. The predicted molar refractivity (Wildman–Crippen MR) is 356 cm³/mol. The first-order valence-corrected chi connectivity index (χ1v) is 55.7. The zero-order valence-electron chi connectivity index (χ0n) is 49.2. The van der Waals surface area contributed by atoms with Gasteiger partial charge in [-0.15, -0.1) is 39.5 Å². The topological polar surface area (TPSA) is 55.4 Å². The van der Waals surface area contributed by atoms with Crippen molar-refractivity contribution in [3.05, 3.63) is 154 Å². The van der Waals surface area contributed by atoms with Gasteiger partial charge in [0.25, 0.3) is 9.28 Å². The third kappa shape index (κ3) is 35.6. The van der Waals surface area contributed by atoms with E-state index in [1.807, 2.05) is 36.4 Å². The molecule has 0 aliphatic rings. The molecule has 4 atom stereocenters. The Hall–Kier alpha value is -1.45. The fraction of sp³-hybridized carbons (Fsp3) is 0.544. The van der Waals surface area contributed by atoms with E-state index in [9.17, 15) is 0 Å². The molecule has 0 radical (unpaired) electrons. The van der Waals surface area contributed by atoms with E-state index in [0.29, 0.717) is 0 Å². The van der Waals surface area contributed by atoms with Gasteiger partial charge in [-0.2, -0.15) is 0 Å². The Morgan fingerprint density at radius 2 is 0.726 bits per heavy atom. The first kappa shape index (κ1) is 73.6. The van der Waals surface area contributed by atoms with Gasteiger partial charge in [0.2, 0.25) is 0 Å². The summed E-state index contributed by atoms with van der Waals surface area (Å²) in [7, 11) is -18.7. The molecule has 0 saturated carbocycles. The second kappa shape index (κ2) is 35.1. The lowest BCUT2D eigenvalue weighted by molar-refractivity contribution is 0.316. The van der Waals surface area contributed by atoms with Crippen LogP contribution in [0.15, 0.2) is 143 Å². The molecule has 73 heavy (non-hydrogen) atoms. The van der Waals surface area contributed by atoms with E-state index in [1.165, 1.54) is 23.2 Å². The average Bonchev–Trinajstić information content (AvgIpc) is 3.22. The van der Waals surface area contributed by atoms with Crippen LogP contribution in [0.1, 0.15) is 31.4 Å². The Morgan fingerprint density at radius 3 is 1.04 bits per heavy atom. The van der Waals surface area contributed by atoms with Gasteiger partial charge in [-0.05, 0) is 177 Å². The van der Waals surface area contributed by atoms with Gasteiger partial charge in [0.1, 0.15) is 0 Å². The maximum atomic E-state index is 7.25. The van der Waals surface area contributed by atoms with Crippen LogP contribution in [0.25, 0.3) is 6.08 Å². The summed E-state index contributed by atoms with van der Waals surface area (Å²) in [6.07, 6.45) is 17.7. The van der Waals surface area contributed by atoms with Gasteiger partial charge in [-0.1, -0.05) is 142 Å². The molecule has 0 N–H and O–H groups in total. The van der Waals surface area contributed by atoms with E-state index in [4.69, 9.17) is 24.7 Å². The zero-order chi connectivity index (χ0) is 55.4. The monoisotopic (exact) mass is 1170 g/mol. The Morgan fingerprint density at radius 1 is 0.397 bits per heavy atom. The predicted octanol–water partition coefficient (Wildman–Crippen LogP) is 19.5. The summed E-state index contributed by atoms with van der Waals surface area (Å²) in [6.45, 7) is 64.1. The normalized spacial score (nSPS) is 15.1. The molecule has 0 aliphatic carbocycles. The quantitative estimate of drug-likeness (QED) is 0.0501. The molecule has 0 aliphatic heterocycles. The maximum Gasteiger partial charge on any atom is 0.316 e. The zero-order valence-corrected chi connectivity index (χ0v) is 59.3. The lowest BCUT2D eigenvalue weighted by atomic mass is 10.2. The van der Waals surface area contributed by atoms with E-state index >= 15 is 0 Å². The molecule has 2 aromatic carbocycles. The van der Waals surface area contributed by atoms with Crippen molar-refractivity contribution in [2.75, 3.05) is 0 Å². The van der Waals surface area contributed by atoms with Crippen molar-refractivity contribution in [2.45, 2.75) is 198 Å². The molecule has 0 aromatic heterocycles. The Balaban J connectivity index is 0. The van der Waals surface area contributed by atoms with Crippen molar-refractivity contribution in [2.24, 2.45) is 0 Å².